The molecule has 0 nitrogen and oxygen atoms in total. The van der Waals surface area contributed by atoms with Gasteiger partial charge in [-0.1, -0.05) is 0 Å². The minimum atomic E-state index is -4.93. The Morgan fingerprint density at radius 3 is 1.38 bits per heavy atom. The maximum Gasteiger partial charge on any atom is 0.416 e. The van der Waals surface area contributed by atoms with Crippen LogP contribution in [0.3, 0.4) is 0 Å². The van der Waals surface area contributed by atoms with E-state index in [4.69, 9.17) is 0 Å². The number of rotatable bonds is 1. The molecule has 0 saturated heterocycles. The van der Waals surface area contributed by atoms with Gasteiger partial charge in [0.05, 0.1) is 11.1 Å². The molecular weight excluding hydrogens is 241 g/mol. The van der Waals surface area contributed by atoms with E-state index < -0.39 is 35.7 Å². The Morgan fingerprint density at radius 1 is 0.750 bits per heavy atom. The number of hydrogen-bond donors (Lipinski definition) is 0. The Balaban J connectivity index is 3.33. The van der Waals surface area contributed by atoms with Crippen LogP contribution in [0.15, 0.2) is 18.2 Å². The number of hydrogen-bond acceptors (Lipinski definition) is 0. The normalized spacial score (nSPS) is 12.9. The molecule has 0 unspecified atom stereocenters. The van der Waals surface area contributed by atoms with Gasteiger partial charge in [-0.15, -0.1) is 0 Å². The molecule has 0 heterocycles. The lowest BCUT2D eigenvalue weighted by atomic mass is 10.1. The zero-order chi connectivity index (χ0) is 12.6. The molecule has 0 atom stereocenters. The lowest BCUT2D eigenvalue weighted by Crippen LogP contribution is -2.11. The molecule has 0 saturated carbocycles. The molecule has 0 aliphatic rings. The van der Waals surface area contributed by atoms with Gasteiger partial charge in [-0.25, -0.2) is 4.39 Å². The lowest BCUT2D eigenvalue weighted by molar-refractivity contribution is -0.143. The van der Waals surface area contributed by atoms with Crippen molar-refractivity contribution in [3.8, 4) is 0 Å². The first kappa shape index (κ1) is 12.8. The van der Waals surface area contributed by atoms with Crippen molar-refractivity contribution < 1.29 is 30.7 Å². The molecule has 0 fully saturated rings. The fourth-order valence-electron chi connectivity index (χ4n) is 1.10. The third kappa shape index (κ3) is 2.86. The van der Waals surface area contributed by atoms with Crippen LogP contribution in [-0.2, 0) is 19.0 Å². The molecule has 0 spiro atoms. The Bertz CT molecular complexity index is 342. The molecule has 0 aliphatic carbocycles. The fourth-order valence-corrected chi connectivity index (χ4v) is 1.10. The quantitative estimate of drug-likeness (QED) is 0.651. The highest BCUT2D eigenvalue weighted by molar-refractivity contribution is 5.33. The van der Waals surface area contributed by atoms with Crippen LogP contribution in [0.25, 0.3) is 0 Å². The van der Waals surface area contributed by atoms with E-state index in [0.717, 1.165) is 0 Å². The van der Waals surface area contributed by atoms with Gasteiger partial charge in [0.2, 0.25) is 0 Å². The van der Waals surface area contributed by atoms with E-state index in [1.807, 2.05) is 0 Å². The summed E-state index contributed by atoms with van der Waals surface area (Å²) >= 11 is 0. The van der Waals surface area contributed by atoms with Gasteiger partial charge < -0.3 is 0 Å². The van der Waals surface area contributed by atoms with Crippen LogP contribution < -0.4 is 0 Å². The average molecular weight is 246 g/mol. The fraction of sp³-hybridized carbons (Fsp3) is 0.333. The van der Waals surface area contributed by atoms with Crippen molar-refractivity contribution in [2.24, 2.45) is 0 Å². The summed E-state index contributed by atoms with van der Waals surface area (Å²) < 4.78 is 85.2. The zero-order valence-corrected chi connectivity index (χ0v) is 7.58. The first-order valence-electron chi connectivity index (χ1n) is 3.99. The Hall–Kier alpha value is -1.27. The van der Waals surface area contributed by atoms with E-state index in [-0.39, 0.29) is 6.07 Å². The van der Waals surface area contributed by atoms with Crippen molar-refractivity contribution in [2.75, 3.05) is 0 Å². The number of alkyl halides is 7. The number of halogens is 7. The minimum absolute atomic E-state index is 0.0425. The molecule has 1 rings (SSSR count). The van der Waals surface area contributed by atoms with Crippen molar-refractivity contribution in [3.05, 3.63) is 34.9 Å². The van der Waals surface area contributed by atoms with Gasteiger partial charge in [-0.2, -0.15) is 26.3 Å². The Morgan fingerprint density at radius 2 is 1.12 bits per heavy atom. The summed E-state index contributed by atoms with van der Waals surface area (Å²) in [5.74, 6) is 0. The van der Waals surface area contributed by atoms with Crippen molar-refractivity contribution >= 4 is 0 Å². The summed E-state index contributed by atoms with van der Waals surface area (Å²) in [7, 11) is 0. The second kappa shape index (κ2) is 3.95. The molecule has 0 aromatic heterocycles. The molecule has 16 heavy (non-hydrogen) atoms. The maximum atomic E-state index is 12.2. The third-order valence-corrected chi connectivity index (χ3v) is 1.80. The van der Waals surface area contributed by atoms with Crippen LogP contribution in [-0.4, -0.2) is 0 Å². The van der Waals surface area contributed by atoms with Gasteiger partial charge in [0.15, 0.2) is 0 Å². The maximum absolute atomic E-state index is 12.2. The second-order valence-corrected chi connectivity index (χ2v) is 3.05. The highest BCUT2D eigenvalue weighted by Gasteiger charge is 2.36. The molecule has 0 radical (unpaired) electrons. The van der Waals surface area contributed by atoms with Crippen molar-refractivity contribution in [3.63, 3.8) is 0 Å². The van der Waals surface area contributed by atoms with Gasteiger partial charge in [0, 0.05) is 0 Å². The minimum Gasteiger partial charge on any atom is -0.246 e. The molecule has 0 bridgehead atoms. The van der Waals surface area contributed by atoms with Crippen LogP contribution >= 0.6 is 0 Å². The van der Waals surface area contributed by atoms with Crippen molar-refractivity contribution in [1.29, 1.82) is 0 Å². The summed E-state index contributed by atoms with van der Waals surface area (Å²) in [6.45, 7) is -1.38. The number of benzene rings is 1. The van der Waals surface area contributed by atoms with Crippen LogP contribution in [0.4, 0.5) is 30.7 Å². The molecular formula is C9H5F7. The first-order chi connectivity index (χ1) is 7.14. The van der Waals surface area contributed by atoms with E-state index in [0.29, 0.717) is 12.1 Å². The molecule has 90 valence electrons. The van der Waals surface area contributed by atoms with Crippen LogP contribution in [0.1, 0.15) is 16.7 Å². The van der Waals surface area contributed by atoms with E-state index in [1.54, 1.807) is 0 Å². The van der Waals surface area contributed by atoms with Gasteiger partial charge in [-0.05, 0) is 23.8 Å². The van der Waals surface area contributed by atoms with Crippen LogP contribution in [0, 0.1) is 0 Å². The van der Waals surface area contributed by atoms with Gasteiger partial charge >= 0.3 is 12.4 Å². The first-order valence-corrected chi connectivity index (χ1v) is 3.99. The van der Waals surface area contributed by atoms with Crippen molar-refractivity contribution in [2.45, 2.75) is 19.0 Å². The van der Waals surface area contributed by atoms with Crippen LogP contribution in [0.5, 0.6) is 0 Å². The van der Waals surface area contributed by atoms with Crippen LogP contribution in [0.2, 0.25) is 0 Å². The zero-order valence-electron chi connectivity index (χ0n) is 7.58. The molecule has 0 N–H and O–H groups in total. The van der Waals surface area contributed by atoms with E-state index in [2.05, 4.69) is 0 Å². The lowest BCUT2D eigenvalue weighted by Gasteiger charge is -2.12. The SMILES string of the molecule is FCc1cc(C(F)(F)F)cc(C(F)(F)F)c1. The molecule has 0 amide bonds. The monoisotopic (exact) mass is 246 g/mol. The highest BCUT2D eigenvalue weighted by Crippen LogP contribution is 2.36. The van der Waals surface area contributed by atoms with Gasteiger partial charge in [0.25, 0.3) is 0 Å². The Kier molecular flexibility index (Phi) is 3.16. The van der Waals surface area contributed by atoms with Crippen molar-refractivity contribution in [1.82, 2.24) is 0 Å². The largest absolute Gasteiger partial charge is 0.416 e. The summed E-state index contributed by atoms with van der Waals surface area (Å²) in [6.07, 6.45) is -9.85. The average Bonchev–Trinajstić information content (AvgIpc) is 2.14. The standard InChI is InChI=1S/C9H5F7/c10-4-5-1-6(8(11,12)13)3-7(2-5)9(14,15)16/h1-3H,4H2. The molecule has 0 aliphatic heterocycles. The summed E-state index contributed by atoms with van der Waals surface area (Å²) in [4.78, 5) is 0. The highest BCUT2D eigenvalue weighted by atomic mass is 19.4. The van der Waals surface area contributed by atoms with Gasteiger partial charge in [-0.3, -0.25) is 0 Å². The van der Waals surface area contributed by atoms with E-state index in [9.17, 15) is 30.7 Å². The predicted octanol–water partition coefficient (Wildman–Crippen LogP) is 4.19. The smallest absolute Gasteiger partial charge is 0.246 e. The van der Waals surface area contributed by atoms with Gasteiger partial charge in [0.1, 0.15) is 6.67 Å². The predicted molar refractivity (Wildman–Crippen MR) is 41.3 cm³/mol. The molecule has 7 heteroatoms. The molecule has 1 aromatic rings. The topological polar surface area (TPSA) is 0 Å². The third-order valence-electron chi connectivity index (χ3n) is 1.80. The summed E-state index contributed by atoms with van der Waals surface area (Å²) in [6, 6.07) is 0.670. The Labute approximate surface area is 85.7 Å². The molecule has 1 aromatic carbocycles. The summed E-state index contributed by atoms with van der Waals surface area (Å²) in [5.41, 5.74) is -3.66. The second-order valence-electron chi connectivity index (χ2n) is 3.05. The van der Waals surface area contributed by atoms with E-state index in [1.165, 1.54) is 0 Å². The summed E-state index contributed by atoms with van der Waals surface area (Å²) in [5, 5.41) is 0. The van der Waals surface area contributed by atoms with E-state index >= 15 is 0 Å².